The molecule has 1 atom stereocenters. The average Bonchev–Trinajstić information content (AvgIpc) is 2.42. The van der Waals surface area contributed by atoms with E-state index in [2.05, 4.69) is 10.6 Å². The molecule has 1 aliphatic carbocycles. The molecule has 2 aliphatic rings. The van der Waals surface area contributed by atoms with Gasteiger partial charge in [0.1, 0.15) is 5.75 Å². The largest absolute Gasteiger partial charge is 0.393 e. The summed E-state index contributed by atoms with van der Waals surface area (Å²) in [6.07, 6.45) is 3.09. The SMILES string of the molecule is CC(C)S(=O)(=O)CC(=O)N[C@@H](C1CCNCC1)C1CC(O)C1. The molecule has 1 saturated carbocycles. The maximum atomic E-state index is 12.2. The highest BCUT2D eigenvalue weighted by atomic mass is 32.2. The van der Waals surface area contributed by atoms with Crippen LogP contribution in [0.3, 0.4) is 0 Å². The predicted octanol–water partition coefficient (Wildman–Crippen LogP) is 0.0649. The van der Waals surface area contributed by atoms with Crippen LogP contribution in [0.25, 0.3) is 0 Å². The molecule has 2 fully saturated rings. The number of hydrogen-bond donors (Lipinski definition) is 3. The van der Waals surface area contributed by atoms with Crippen molar-refractivity contribution >= 4 is 15.7 Å². The number of hydrogen-bond acceptors (Lipinski definition) is 5. The third-order valence-electron chi connectivity index (χ3n) is 4.93. The maximum Gasteiger partial charge on any atom is 0.235 e. The van der Waals surface area contributed by atoms with Crippen molar-refractivity contribution in [2.24, 2.45) is 11.8 Å². The molecule has 1 saturated heterocycles. The van der Waals surface area contributed by atoms with Crippen molar-refractivity contribution in [1.29, 1.82) is 0 Å². The Morgan fingerprint density at radius 2 is 1.82 bits per heavy atom. The summed E-state index contributed by atoms with van der Waals surface area (Å²) in [6.45, 7) is 5.04. The molecule has 1 heterocycles. The number of amides is 1. The van der Waals surface area contributed by atoms with E-state index in [-0.39, 0.29) is 18.1 Å². The van der Waals surface area contributed by atoms with Gasteiger partial charge in [-0.05, 0) is 64.5 Å². The van der Waals surface area contributed by atoms with Crippen LogP contribution in [0.15, 0.2) is 0 Å². The third kappa shape index (κ3) is 4.43. The molecule has 0 aromatic carbocycles. The van der Waals surface area contributed by atoms with Crippen LogP contribution in [0.4, 0.5) is 0 Å². The fraction of sp³-hybridized carbons (Fsp3) is 0.933. The zero-order valence-electron chi connectivity index (χ0n) is 13.4. The topological polar surface area (TPSA) is 95.5 Å². The second-order valence-electron chi connectivity index (χ2n) is 6.92. The minimum Gasteiger partial charge on any atom is -0.393 e. The van der Waals surface area contributed by atoms with Crippen molar-refractivity contribution in [2.45, 2.75) is 56.9 Å². The summed E-state index contributed by atoms with van der Waals surface area (Å²) in [7, 11) is -3.37. The van der Waals surface area contributed by atoms with E-state index in [0.717, 1.165) is 25.9 Å². The average molecular weight is 332 g/mol. The van der Waals surface area contributed by atoms with Crippen LogP contribution in [0.2, 0.25) is 0 Å². The number of aliphatic hydroxyl groups excluding tert-OH is 1. The fourth-order valence-corrected chi connectivity index (χ4v) is 4.11. The molecule has 0 aromatic rings. The van der Waals surface area contributed by atoms with E-state index in [1.807, 2.05) is 0 Å². The first-order valence-electron chi connectivity index (χ1n) is 8.19. The maximum absolute atomic E-state index is 12.2. The number of sulfone groups is 1. The van der Waals surface area contributed by atoms with Gasteiger partial charge >= 0.3 is 0 Å². The number of aliphatic hydroxyl groups is 1. The molecule has 1 amide bonds. The van der Waals surface area contributed by atoms with E-state index in [9.17, 15) is 18.3 Å². The summed E-state index contributed by atoms with van der Waals surface area (Å²) >= 11 is 0. The Morgan fingerprint density at radius 3 is 2.32 bits per heavy atom. The molecule has 0 radical (unpaired) electrons. The monoisotopic (exact) mass is 332 g/mol. The molecular formula is C15H28N2O4S. The van der Waals surface area contributed by atoms with Gasteiger partial charge in [-0.25, -0.2) is 8.42 Å². The molecule has 128 valence electrons. The third-order valence-corrected chi connectivity index (χ3v) is 7.03. The van der Waals surface area contributed by atoms with Crippen molar-refractivity contribution in [1.82, 2.24) is 10.6 Å². The van der Waals surface area contributed by atoms with Gasteiger partial charge in [0.15, 0.2) is 9.84 Å². The van der Waals surface area contributed by atoms with Gasteiger partial charge in [-0.15, -0.1) is 0 Å². The smallest absolute Gasteiger partial charge is 0.235 e. The highest BCUT2D eigenvalue weighted by Crippen LogP contribution is 2.35. The number of nitrogens with one attached hydrogen (secondary N) is 2. The van der Waals surface area contributed by atoms with Crippen LogP contribution < -0.4 is 10.6 Å². The Bertz CT molecular complexity index is 480. The van der Waals surface area contributed by atoms with Gasteiger partial charge in [0.2, 0.25) is 5.91 Å². The van der Waals surface area contributed by atoms with Gasteiger partial charge in [0.05, 0.1) is 11.4 Å². The lowest BCUT2D eigenvalue weighted by molar-refractivity contribution is -0.121. The highest BCUT2D eigenvalue weighted by molar-refractivity contribution is 7.92. The minimum absolute atomic E-state index is 0.0136. The Balaban J connectivity index is 1.98. The summed E-state index contributed by atoms with van der Waals surface area (Å²) in [5, 5.41) is 15.3. The van der Waals surface area contributed by atoms with Gasteiger partial charge in [-0.2, -0.15) is 0 Å². The quantitative estimate of drug-likeness (QED) is 0.639. The first kappa shape index (κ1) is 17.7. The number of carbonyl (C=O) groups excluding carboxylic acids is 1. The van der Waals surface area contributed by atoms with E-state index in [0.29, 0.717) is 18.8 Å². The van der Waals surface area contributed by atoms with Crippen molar-refractivity contribution in [2.75, 3.05) is 18.8 Å². The highest BCUT2D eigenvalue weighted by Gasteiger charge is 2.39. The van der Waals surface area contributed by atoms with Gasteiger partial charge in [-0.3, -0.25) is 4.79 Å². The fourth-order valence-electron chi connectivity index (χ4n) is 3.32. The van der Waals surface area contributed by atoms with E-state index in [4.69, 9.17) is 0 Å². The normalized spacial score (nSPS) is 28.2. The van der Waals surface area contributed by atoms with Crippen LogP contribution in [0, 0.1) is 11.8 Å². The van der Waals surface area contributed by atoms with E-state index < -0.39 is 26.7 Å². The van der Waals surface area contributed by atoms with Gasteiger partial charge in [-0.1, -0.05) is 0 Å². The van der Waals surface area contributed by atoms with Crippen LogP contribution in [-0.4, -0.2) is 55.7 Å². The Hall–Kier alpha value is -0.660. The van der Waals surface area contributed by atoms with Gasteiger partial charge in [0, 0.05) is 6.04 Å². The molecule has 22 heavy (non-hydrogen) atoms. The summed E-state index contributed by atoms with van der Waals surface area (Å²) < 4.78 is 23.8. The molecule has 0 unspecified atom stereocenters. The minimum atomic E-state index is -3.37. The first-order chi connectivity index (χ1) is 10.3. The summed E-state index contributed by atoms with van der Waals surface area (Å²) in [5.41, 5.74) is 0. The Labute approximate surface area is 133 Å². The summed E-state index contributed by atoms with van der Waals surface area (Å²) in [5.74, 6) is -0.214. The molecule has 1 aliphatic heterocycles. The lowest BCUT2D eigenvalue weighted by atomic mass is 9.71. The zero-order chi connectivity index (χ0) is 16.3. The molecule has 6 nitrogen and oxygen atoms in total. The summed E-state index contributed by atoms with van der Waals surface area (Å²) in [6, 6.07) is -0.0136. The molecule has 0 spiro atoms. The van der Waals surface area contributed by atoms with Crippen LogP contribution in [-0.2, 0) is 14.6 Å². The van der Waals surface area contributed by atoms with Crippen molar-refractivity contribution in [3.8, 4) is 0 Å². The van der Waals surface area contributed by atoms with Crippen LogP contribution in [0.1, 0.15) is 39.5 Å². The molecule has 2 rings (SSSR count). The Kier molecular flexibility index (Phi) is 5.85. The zero-order valence-corrected chi connectivity index (χ0v) is 14.2. The molecular weight excluding hydrogens is 304 g/mol. The van der Waals surface area contributed by atoms with E-state index >= 15 is 0 Å². The number of carbonyl (C=O) groups is 1. The van der Waals surface area contributed by atoms with Gasteiger partial charge < -0.3 is 15.7 Å². The lowest BCUT2D eigenvalue weighted by Crippen LogP contribution is -2.54. The first-order valence-corrected chi connectivity index (χ1v) is 9.91. The van der Waals surface area contributed by atoms with Crippen molar-refractivity contribution in [3.05, 3.63) is 0 Å². The van der Waals surface area contributed by atoms with E-state index in [1.54, 1.807) is 13.8 Å². The molecule has 7 heteroatoms. The molecule has 0 bridgehead atoms. The van der Waals surface area contributed by atoms with Crippen molar-refractivity contribution < 1.29 is 18.3 Å². The van der Waals surface area contributed by atoms with Crippen LogP contribution >= 0.6 is 0 Å². The van der Waals surface area contributed by atoms with E-state index in [1.165, 1.54) is 0 Å². The van der Waals surface area contributed by atoms with Crippen LogP contribution in [0.5, 0.6) is 0 Å². The lowest BCUT2D eigenvalue weighted by Gasteiger charge is -2.43. The predicted molar refractivity (Wildman–Crippen MR) is 85.2 cm³/mol. The summed E-state index contributed by atoms with van der Waals surface area (Å²) in [4.78, 5) is 12.2. The Morgan fingerprint density at radius 1 is 1.23 bits per heavy atom. The molecule has 3 N–H and O–H groups in total. The second-order valence-corrected chi connectivity index (χ2v) is 9.48. The van der Waals surface area contributed by atoms with Crippen molar-refractivity contribution in [3.63, 3.8) is 0 Å². The molecule has 0 aromatic heterocycles. The second kappa shape index (κ2) is 7.27. The van der Waals surface area contributed by atoms with Gasteiger partial charge in [0.25, 0.3) is 0 Å². The number of piperidine rings is 1. The number of rotatable bonds is 6. The standard InChI is InChI=1S/C15H28N2O4S/c1-10(2)22(20,21)9-14(19)17-15(12-7-13(18)8-12)11-3-5-16-6-4-11/h10-13,15-16,18H,3-9H2,1-2H3,(H,17,19)/t12?,13?,15-/m0/s1.